The highest BCUT2D eigenvalue weighted by Gasteiger charge is 2.46. The van der Waals surface area contributed by atoms with E-state index < -0.39 is 5.60 Å². The van der Waals surface area contributed by atoms with Crippen molar-refractivity contribution in [3.05, 3.63) is 11.9 Å². The largest absolute Gasteiger partial charge is 0.493 e. The molecule has 1 saturated carbocycles. The summed E-state index contributed by atoms with van der Waals surface area (Å²) in [6, 6.07) is 0.0830. The zero-order valence-corrected chi connectivity index (χ0v) is 8.40. The lowest BCUT2D eigenvalue weighted by atomic mass is 9.74. The van der Waals surface area contributed by atoms with Crippen LogP contribution < -0.4 is 10.5 Å². The molecule has 2 rings (SSSR count). The minimum absolute atomic E-state index is 0.0830. The van der Waals surface area contributed by atoms with Crippen LogP contribution in [0.15, 0.2) is 6.20 Å². The molecule has 0 bridgehead atoms. The molecule has 14 heavy (non-hydrogen) atoms. The lowest BCUT2D eigenvalue weighted by molar-refractivity contribution is -0.0602. The second-order valence-corrected chi connectivity index (χ2v) is 3.89. The number of nitrogens with zero attached hydrogens (tertiary/aromatic N) is 2. The first-order valence-electron chi connectivity index (χ1n) is 4.61. The van der Waals surface area contributed by atoms with Crippen molar-refractivity contribution in [2.45, 2.75) is 24.5 Å². The van der Waals surface area contributed by atoms with Crippen LogP contribution in [0.25, 0.3) is 0 Å². The van der Waals surface area contributed by atoms with Crippen molar-refractivity contribution in [2.75, 3.05) is 7.11 Å². The molecule has 0 radical (unpaired) electrons. The Kier molecular flexibility index (Phi) is 2.01. The molecule has 1 aromatic rings. The topological polar surface area (TPSA) is 73.3 Å². The SMILES string of the molecule is COc1cnn(C)c1C1(O)CC(N)C1. The molecule has 1 aliphatic rings. The van der Waals surface area contributed by atoms with Crippen LogP contribution in [0.2, 0.25) is 0 Å². The van der Waals surface area contributed by atoms with Gasteiger partial charge in [0.15, 0.2) is 5.75 Å². The van der Waals surface area contributed by atoms with Crippen molar-refractivity contribution in [3.63, 3.8) is 0 Å². The van der Waals surface area contributed by atoms with Crippen LogP contribution in [0.4, 0.5) is 0 Å². The molecule has 0 aromatic carbocycles. The molecule has 0 unspecified atom stereocenters. The minimum Gasteiger partial charge on any atom is -0.493 e. The molecule has 0 spiro atoms. The monoisotopic (exact) mass is 197 g/mol. The lowest BCUT2D eigenvalue weighted by Gasteiger charge is -2.41. The summed E-state index contributed by atoms with van der Waals surface area (Å²) in [7, 11) is 3.36. The summed E-state index contributed by atoms with van der Waals surface area (Å²) in [5, 5.41) is 14.3. The summed E-state index contributed by atoms with van der Waals surface area (Å²) >= 11 is 0. The average molecular weight is 197 g/mol. The van der Waals surface area contributed by atoms with Crippen molar-refractivity contribution >= 4 is 0 Å². The third-order valence-electron chi connectivity index (χ3n) is 2.77. The molecular formula is C9H15N3O2. The molecule has 78 valence electrons. The zero-order valence-electron chi connectivity index (χ0n) is 8.40. The summed E-state index contributed by atoms with van der Waals surface area (Å²) in [6.07, 6.45) is 2.75. The molecule has 1 heterocycles. The third-order valence-corrected chi connectivity index (χ3v) is 2.77. The van der Waals surface area contributed by atoms with E-state index in [-0.39, 0.29) is 6.04 Å². The van der Waals surface area contributed by atoms with E-state index in [9.17, 15) is 5.11 Å². The molecule has 3 N–H and O–H groups in total. The van der Waals surface area contributed by atoms with Gasteiger partial charge in [-0.3, -0.25) is 4.68 Å². The molecule has 1 aliphatic carbocycles. The molecule has 5 nitrogen and oxygen atoms in total. The van der Waals surface area contributed by atoms with E-state index in [1.165, 1.54) is 0 Å². The van der Waals surface area contributed by atoms with E-state index in [1.54, 1.807) is 25.0 Å². The predicted octanol–water partition coefficient (Wildman–Crippen LogP) is -0.263. The van der Waals surface area contributed by atoms with Gasteiger partial charge in [0.25, 0.3) is 0 Å². The van der Waals surface area contributed by atoms with E-state index in [2.05, 4.69) is 5.10 Å². The molecular weight excluding hydrogens is 182 g/mol. The van der Waals surface area contributed by atoms with Gasteiger partial charge >= 0.3 is 0 Å². The fourth-order valence-electron chi connectivity index (χ4n) is 2.10. The van der Waals surface area contributed by atoms with Crippen LogP contribution >= 0.6 is 0 Å². The molecule has 1 fully saturated rings. The Morgan fingerprint density at radius 2 is 2.36 bits per heavy atom. The minimum atomic E-state index is -0.851. The lowest BCUT2D eigenvalue weighted by Crippen LogP contribution is -2.50. The zero-order chi connectivity index (χ0) is 10.3. The maximum atomic E-state index is 10.2. The third kappa shape index (κ3) is 1.20. The van der Waals surface area contributed by atoms with Gasteiger partial charge < -0.3 is 15.6 Å². The number of rotatable bonds is 2. The van der Waals surface area contributed by atoms with Crippen LogP contribution in [0.3, 0.4) is 0 Å². The van der Waals surface area contributed by atoms with E-state index in [4.69, 9.17) is 10.5 Å². The van der Waals surface area contributed by atoms with Gasteiger partial charge in [0, 0.05) is 13.1 Å². The summed E-state index contributed by atoms with van der Waals surface area (Å²) < 4.78 is 6.78. The van der Waals surface area contributed by atoms with Crippen molar-refractivity contribution < 1.29 is 9.84 Å². The maximum absolute atomic E-state index is 10.2. The van der Waals surface area contributed by atoms with E-state index in [0.717, 1.165) is 5.69 Å². The number of hydrogen-bond acceptors (Lipinski definition) is 4. The van der Waals surface area contributed by atoms with E-state index in [0.29, 0.717) is 18.6 Å². The summed E-state index contributed by atoms with van der Waals surface area (Å²) in [5.74, 6) is 0.627. The Bertz CT molecular complexity index is 342. The van der Waals surface area contributed by atoms with Gasteiger partial charge in [-0.15, -0.1) is 0 Å². The number of nitrogens with two attached hydrogens (primary N) is 1. The van der Waals surface area contributed by atoms with Gasteiger partial charge in [0.2, 0.25) is 0 Å². The van der Waals surface area contributed by atoms with E-state index in [1.807, 2.05) is 0 Å². The van der Waals surface area contributed by atoms with Gasteiger partial charge in [0.05, 0.1) is 13.3 Å². The smallest absolute Gasteiger partial charge is 0.162 e. The first-order chi connectivity index (χ1) is 6.57. The Hall–Kier alpha value is -1.07. The summed E-state index contributed by atoms with van der Waals surface area (Å²) in [6.45, 7) is 0. The van der Waals surface area contributed by atoms with Crippen LogP contribution in [-0.4, -0.2) is 28.0 Å². The van der Waals surface area contributed by atoms with Crippen molar-refractivity contribution in [3.8, 4) is 5.75 Å². The van der Waals surface area contributed by atoms with Crippen molar-refractivity contribution in [1.29, 1.82) is 0 Å². The molecule has 0 amide bonds. The summed E-state index contributed by atoms with van der Waals surface area (Å²) in [5.41, 5.74) is 5.54. The first-order valence-corrected chi connectivity index (χ1v) is 4.61. The fourth-order valence-corrected chi connectivity index (χ4v) is 2.10. The Labute approximate surface area is 82.5 Å². The van der Waals surface area contributed by atoms with Gasteiger partial charge in [-0.2, -0.15) is 5.10 Å². The Morgan fingerprint density at radius 3 is 2.86 bits per heavy atom. The number of aromatic nitrogens is 2. The number of aliphatic hydroxyl groups is 1. The number of ether oxygens (including phenoxy) is 1. The van der Waals surface area contributed by atoms with Gasteiger partial charge in [0.1, 0.15) is 11.3 Å². The fraction of sp³-hybridized carbons (Fsp3) is 0.667. The standard InChI is InChI=1S/C9H15N3O2/c1-12-8(7(14-2)5-11-12)9(13)3-6(10)4-9/h5-6,13H,3-4,10H2,1-2H3. The van der Waals surface area contributed by atoms with Gasteiger partial charge in [-0.25, -0.2) is 0 Å². The normalized spacial score (nSPS) is 31.3. The van der Waals surface area contributed by atoms with Gasteiger partial charge in [-0.1, -0.05) is 0 Å². The van der Waals surface area contributed by atoms with Crippen molar-refractivity contribution in [2.24, 2.45) is 12.8 Å². The van der Waals surface area contributed by atoms with E-state index >= 15 is 0 Å². The Balaban J connectivity index is 2.35. The number of aryl methyl sites for hydroxylation is 1. The van der Waals surface area contributed by atoms with Crippen LogP contribution in [0.5, 0.6) is 5.75 Å². The predicted molar refractivity (Wildman–Crippen MR) is 50.9 cm³/mol. The molecule has 5 heteroatoms. The number of hydrogen-bond donors (Lipinski definition) is 2. The average Bonchev–Trinajstić information content (AvgIpc) is 2.44. The molecule has 0 atom stereocenters. The summed E-state index contributed by atoms with van der Waals surface area (Å²) in [4.78, 5) is 0. The highest BCUT2D eigenvalue weighted by Crippen LogP contribution is 2.43. The highest BCUT2D eigenvalue weighted by atomic mass is 16.5. The molecule has 1 aromatic heterocycles. The van der Waals surface area contributed by atoms with Crippen LogP contribution in [0, 0.1) is 0 Å². The molecule has 0 saturated heterocycles. The van der Waals surface area contributed by atoms with Crippen molar-refractivity contribution in [1.82, 2.24) is 9.78 Å². The second-order valence-electron chi connectivity index (χ2n) is 3.89. The first kappa shape index (κ1) is 9.48. The maximum Gasteiger partial charge on any atom is 0.162 e. The van der Waals surface area contributed by atoms with Gasteiger partial charge in [-0.05, 0) is 12.8 Å². The quantitative estimate of drug-likeness (QED) is 0.685. The highest BCUT2D eigenvalue weighted by molar-refractivity contribution is 5.33. The van der Waals surface area contributed by atoms with Crippen LogP contribution in [-0.2, 0) is 12.6 Å². The molecule has 0 aliphatic heterocycles. The Morgan fingerprint density at radius 1 is 1.71 bits per heavy atom. The second kappa shape index (κ2) is 2.96. The number of methoxy groups -OCH3 is 1. The van der Waals surface area contributed by atoms with Crippen LogP contribution in [0.1, 0.15) is 18.5 Å².